The third-order valence-corrected chi connectivity index (χ3v) is 6.50. The number of carboxylic acid groups (broad SMARTS) is 1. The molecule has 1 fully saturated rings. The number of benzene rings is 2. The maximum Gasteiger partial charge on any atom is 0.337 e. The number of aromatic carboxylic acids is 1. The summed E-state index contributed by atoms with van der Waals surface area (Å²) in [6.45, 7) is 9.05. The summed E-state index contributed by atoms with van der Waals surface area (Å²) in [6.07, 6.45) is 1.96. The highest BCUT2D eigenvalue weighted by molar-refractivity contribution is 5.94. The van der Waals surface area contributed by atoms with Crippen molar-refractivity contribution in [3.8, 4) is 6.07 Å². The van der Waals surface area contributed by atoms with Gasteiger partial charge in [-0.15, -0.1) is 0 Å². The van der Waals surface area contributed by atoms with Crippen LogP contribution in [0.4, 0.5) is 11.5 Å². The summed E-state index contributed by atoms with van der Waals surface area (Å²) in [5.41, 5.74) is 4.36. The molecule has 0 amide bonds. The highest BCUT2D eigenvalue weighted by Crippen LogP contribution is 2.31. The number of hydrogen-bond donors (Lipinski definition) is 2. The molecule has 8 nitrogen and oxygen atoms in total. The second-order valence-corrected chi connectivity index (χ2v) is 9.04. The number of piperidine rings is 1. The first kappa shape index (κ1) is 24.4. The van der Waals surface area contributed by atoms with Gasteiger partial charge < -0.3 is 20.1 Å². The molecule has 0 spiro atoms. The molecule has 2 N–H and O–H groups in total. The number of aryl methyl sites for hydroxylation is 1. The molecule has 1 saturated heterocycles. The normalized spacial score (nSPS) is 15.1. The largest absolute Gasteiger partial charge is 0.478 e. The Hall–Kier alpha value is -3.70. The Morgan fingerprint density at radius 3 is 2.71 bits per heavy atom. The van der Waals surface area contributed by atoms with Gasteiger partial charge in [-0.05, 0) is 63.3 Å². The van der Waals surface area contributed by atoms with Gasteiger partial charge in [-0.1, -0.05) is 18.2 Å². The van der Waals surface area contributed by atoms with Crippen molar-refractivity contribution in [3.05, 3.63) is 58.8 Å². The lowest BCUT2D eigenvalue weighted by Gasteiger charge is -2.33. The molecule has 182 valence electrons. The summed E-state index contributed by atoms with van der Waals surface area (Å²) < 4.78 is 5.60. The van der Waals surface area contributed by atoms with Crippen molar-refractivity contribution < 1.29 is 14.6 Å². The van der Waals surface area contributed by atoms with E-state index in [0.29, 0.717) is 34.2 Å². The Balaban J connectivity index is 1.69. The number of nitrogens with one attached hydrogen (secondary N) is 1. The molecule has 2 aromatic carbocycles. The lowest BCUT2D eigenvalue weighted by atomic mass is 9.97. The van der Waals surface area contributed by atoms with Crippen molar-refractivity contribution in [2.45, 2.75) is 39.7 Å². The lowest BCUT2D eigenvalue weighted by Crippen LogP contribution is -2.36. The van der Waals surface area contributed by atoms with Crippen LogP contribution in [0.25, 0.3) is 11.0 Å². The maximum absolute atomic E-state index is 11.7. The van der Waals surface area contributed by atoms with E-state index in [1.807, 2.05) is 39.0 Å². The SMILES string of the molecule is CCOCC1CCN(c2nc3c([C@@H](C)Nc4ccccc4C(=O)O)cc(C)cc3nc2C#N)CC1. The first-order valence-electron chi connectivity index (χ1n) is 12.0. The fourth-order valence-electron chi connectivity index (χ4n) is 4.65. The van der Waals surface area contributed by atoms with Crippen LogP contribution in [-0.4, -0.2) is 47.3 Å². The van der Waals surface area contributed by atoms with Gasteiger partial charge in [0.2, 0.25) is 0 Å². The number of nitriles is 1. The van der Waals surface area contributed by atoms with Gasteiger partial charge in [0.15, 0.2) is 11.5 Å². The van der Waals surface area contributed by atoms with Crippen molar-refractivity contribution in [1.82, 2.24) is 9.97 Å². The predicted octanol–water partition coefficient (Wildman–Crippen LogP) is 4.93. The minimum absolute atomic E-state index is 0.213. The van der Waals surface area contributed by atoms with Crippen molar-refractivity contribution in [1.29, 1.82) is 5.26 Å². The maximum atomic E-state index is 11.7. The van der Waals surface area contributed by atoms with Gasteiger partial charge >= 0.3 is 5.97 Å². The number of aromatic nitrogens is 2. The minimum atomic E-state index is -0.983. The number of rotatable bonds is 8. The van der Waals surface area contributed by atoms with Crippen molar-refractivity contribution >= 4 is 28.5 Å². The molecule has 3 aromatic rings. The van der Waals surface area contributed by atoms with Crippen molar-refractivity contribution in [2.75, 3.05) is 36.5 Å². The molecule has 1 aromatic heterocycles. The van der Waals surface area contributed by atoms with E-state index in [1.54, 1.807) is 18.2 Å². The summed E-state index contributed by atoms with van der Waals surface area (Å²) in [7, 11) is 0. The highest BCUT2D eigenvalue weighted by Gasteiger charge is 2.25. The molecule has 1 aliphatic rings. The van der Waals surface area contributed by atoms with E-state index in [2.05, 4.69) is 21.3 Å². The summed E-state index contributed by atoms with van der Waals surface area (Å²) in [6, 6.07) is 12.8. The third-order valence-electron chi connectivity index (χ3n) is 6.50. The molecule has 0 unspecified atom stereocenters. The van der Waals surface area contributed by atoms with Crippen LogP contribution in [0.5, 0.6) is 0 Å². The fraction of sp³-hybridized carbons (Fsp3) is 0.407. The Labute approximate surface area is 205 Å². The van der Waals surface area contributed by atoms with Crippen LogP contribution in [-0.2, 0) is 4.74 Å². The molecule has 35 heavy (non-hydrogen) atoms. The quantitative estimate of drug-likeness (QED) is 0.473. The Morgan fingerprint density at radius 1 is 1.29 bits per heavy atom. The summed E-state index contributed by atoms with van der Waals surface area (Å²) >= 11 is 0. The number of carbonyl (C=O) groups is 1. The topological polar surface area (TPSA) is 111 Å². The molecule has 0 saturated carbocycles. The van der Waals surface area contributed by atoms with Gasteiger partial charge in [-0.25, -0.2) is 14.8 Å². The van der Waals surface area contributed by atoms with Crippen LogP contribution in [0.2, 0.25) is 0 Å². The number of anilines is 2. The van der Waals surface area contributed by atoms with Crippen LogP contribution in [0, 0.1) is 24.2 Å². The minimum Gasteiger partial charge on any atom is -0.478 e. The first-order chi connectivity index (χ1) is 16.9. The highest BCUT2D eigenvalue weighted by atomic mass is 16.5. The van der Waals surface area contributed by atoms with Gasteiger partial charge in [0.1, 0.15) is 6.07 Å². The number of carboxylic acids is 1. The van der Waals surface area contributed by atoms with Gasteiger partial charge in [0, 0.05) is 37.6 Å². The molecule has 4 rings (SSSR count). The number of ether oxygens (including phenoxy) is 1. The second-order valence-electron chi connectivity index (χ2n) is 9.04. The average molecular weight is 474 g/mol. The smallest absolute Gasteiger partial charge is 0.337 e. The molecule has 0 aliphatic carbocycles. The van der Waals surface area contributed by atoms with Crippen LogP contribution in [0.3, 0.4) is 0 Å². The Morgan fingerprint density at radius 2 is 2.03 bits per heavy atom. The zero-order valence-corrected chi connectivity index (χ0v) is 20.4. The van der Waals surface area contributed by atoms with E-state index < -0.39 is 5.97 Å². The predicted molar refractivity (Wildman–Crippen MR) is 136 cm³/mol. The summed E-state index contributed by atoms with van der Waals surface area (Å²) in [4.78, 5) is 23.5. The van der Waals surface area contributed by atoms with Crippen LogP contribution in [0.1, 0.15) is 59.9 Å². The molecule has 2 heterocycles. The van der Waals surface area contributed by atoms with Gasteiger partial charge in [-0.2, -0.15) is 5.26 Å². The molecule has 0 radical (unpaired) electrons. The lowest BCUT2D eigenvalue weighted by molar-refractivity contribution is 0.0698. The number of nitrogens with zero attached hydrogens (tertiary/aromatic N) is 4. The number of hydrogen-bond acceptors (Lipinski definition) is 7. The standard InChI is InChI=1S/C27H31N5O3/c1-4-35-16-19-9-11-32(12-10-19)26-24(15-28)30-23-14-17(2)13-21(25(23)31-26)18(3)29-22-8-6-5-7-20(22)27(33)34/h5-8,13-14,18-19,29H,4,9-12,16H2,1-3H3,(H,33,34)/t18-/m1/s1. The zero-order chi connectivity index (χ0) is 24.9. The monoisotopic (exact) mass is 473 g/mol. The van der Waals surface area contributed by atoms with Crippen LogP contribution >= 0.6 is 0 Å². The third kappa shape index (κ3) is 5.36. The average Bonchev–Trinajstić information content (AvgIpc) is 2.86. The number of fused-ring (bicyclic) bond motifs is 1. The van der Waals surface area contributed by atoms with Crippen molar-refractivity contribution in [2.24, 2.45) is 5.92 Å². The molecule has 1 atom stereocenters. The van der Waals surface area contributed by atoms with Crippen LogP contribution in [0.15, 0.2) is 36.4 Å². The molecule has 0 bridgehead atoms. The van der Waals surface area contributed by atoms with Crippen LogP contribution < -0.4 is 10.2 Å². The van der Waals surface area contributed by atoms with Gasteiger partial charge in [0.05, 0.1) is 22.6 Å². The molecular formula is C27H31N5O3. The van der Waals surface area contributed by atoms with E-state index in [9.17, 15) is 15.2 Å². The van der Waals surface area contributed by atoms with E-state index in [0.717, 1.165) is 50.3 Å². The van der Waals surface area contributed by atoms with Gasteiger partial charge in [0.25, 0.3) is 0 Å². The second kappa shape index (κ2) is 10.7. The van der Waals surface area contributed by atoms with Gasteiger partial charge in [-0.3, -0.25) is 0 Å². The first-order valence-corrected chi connectivity index (χ1v) is 12.0. The summed E-state index contributed by atoms with van der Waals surface area (Å²) in [5.74, 6) is 0.142. The number of para-hydroxylation sites is 1. The van der Waals surface area contributed by atoms with E-state index in [1.165, 1.54) is 0 Å². The Kier molecular flexibility index (Phi) is 7.47. The zero-order valence-electron chi connectivity index (χ0n) is 20.4. The van der Waals surface area contributed by atoms with E-state index in [4.69, 9.17) is 9.72 Å². The van der Waals surface area contributed by atoms with Crippen molar-refractivity contribution in [3.63, 3.8) is 0 Å². The molecule has 8 heteroatoms. The Bertz CT molecular complexity index is 1260. The molecule has 1 aliphatic heterocycles. The van der Waals surface area contributed by atoms with E-state index >= 15 is 0 Å². The molecular weight excluding hydrogens is 442 g/mol. The van der Waals surface area contributed by atoms with E-state index in [-0.39, 0.29) is 11.6 Å². The summed E-state index contributed by atoms with van der Waals surface area (Å²) in [5, 5.41) is 22.7. The fourth-order valence-corrected chi connectivity index (χ4v) is 4.65.